The number of nitrogens with two attached hydrogens (primary N) is 1. The third kappa shape index (κ3) is 3.69. The van der Waals surface area contributed by atoms with E-state index in [4.69, 9.17) is 10.5 Å². The van der Waals surface area contributed by atoms with Crippen LogP contribution < -0.4 is 5.73 Å². The molecule has 1 saturated heterocycles. The maximum absolute atomic E-state index is 6.12. The summed E-state index contributed by atoms with van der Waals surface area (Å²) < 4.78 is 5.73. The number of nitrogens with zero attached hydrogens (tertiary/aromatic N) is 1. The molecule has 2 rings (SSSR count). The van der Waals surface area contributed by atoms with Crippen molar-refractivity contribution in [2.45, 2.75) is 52.1 Å². The average Bonchev–Trinajstić information content (AvgIpc) is 2.57. The predicted octanol–water partition coefficient (Wildman–Crippen LogP) is 2.25. The van der Waals surface area contributed by atoms with Crippen LogP contribution in [0.3, 0.4) is 0 Å². The van der Waals surface area contributed by atoms with Gasteiger partial charge in [0.2, 0.25) is 0 Å². The summed E-state index contributed by atoms with van der Waals surface area (Å²) in [5.41, 5.74) is 6.50. The highest BCUT2D eigenvalue weighted by molar-refractivity contribution is 4.89. The summed E-state index contributed by atoms with van der Waals surface area (Å²) in [6, 6.07) is 0. The molecule has 2 N–H and O–H groups in total. The molecule has 0 bridgehead atoms. The molecule has 0 aromatic heterocycles. The largest absolute Gasteiger partial charge is 0.377 e. The van der Waals surface area contributed by atoms with E-state index in [0.717, 1.165) is 25.6 Å². The molecule has 1 aliphatic heterocycles. The van der Waals surface area contributed by atoms with E-state index in [9.17, 15) is 0 Å². The van der Waals surface area contributed by atoms with E-state index < -0.39 is 0 Å². The normalized spacial score (nSPS) is 39.5. The first-order valence-electron chi connectivity index (χ1n) is 7.67. The number of rotatable bonds is 3. The van der Waals surface area contributed by atoms with Crippen LogP contribution in [0.4, 0.5) is 0 Å². The first kappa shape index (κ1) is 14.3. The Morgan fingerprint density at radius 1 is 1.28 bits per heavy atom. The minimum atomic E-state index is 0.379. The molecule has 106 valence electrons. The average molecular weight is 254 g/mol. The van der Waals surface area contributed by atoms with Gasteiger partial charge >= 0.3 is 0 Å². The van der Waals surface area contributed by atoms with Gasteiger partial charge in [-0.2, -0.15) is 0 Å². The van der Waals surface area contributed by atoms with Crippen molar-refractivity contribution in [2.75, 3.05) is 32.8 Å². The lowest BCUT2D eigenvalue weighted by Crippen LogP contribution is -2.46. The molecule has 0 aromatic rings. The smallest absolute Gasteiger partial charge is 0.0673 e. The van der Waals surface area contributed by atoms with Crippen molar-refractivity contribution in [1.29, 1.82) is 0 Å². The van der Waals surface area contributed by atoms with Crippen LogP contribution in [-0.2, 0) is 4.74 Å². The van der Waals surface area contributed by atoms with Crippen LogP contribution in [0.1, 0.15) is 46.0 Å². The van der Waals surface area contributed by atoms with Crippen molar-refractivity contribution in [2.24, 2.45) is 17.1 Å². The Morgan fingerprint density at radius 3 is 2.67 bits per heavy atom. The molecule has 1 atom stereocenters. The van der Waals surface area contributed by atoms with Gasteiger partial charge in [0.15, 0.2) is 0 Å². The summed E-state index contributed by atoms with van der Waals surface area (Å²) in [5, 5.41) is 0. The van der Waals surface area contributed by atoms with E-state index in [2.05, 4.69) is 18.7 Å². The molecule has 0 amide bonds. The number of ether oxygens (including phenoxy) is 1. The van der Waals surface area contributed by atoms with Crippen molar-refractivity contribution in [3.8, 4) is 0 Å². The van der Waals surface area contributed by atoms with Crippen molar-refractivity contribution >= 4 is 0 Å². The second-order valence-electron chi connectivity index (χ2n) is 6.66. The van der Waals surface area contributed by atoms with Gasteiger partial charge < -0.3 is 15.4 Å². The summed E-state index contributed by atoms with van der Waals surface area (Å²) in [6.07, 6.45) is 6.90. The molecular formula is C15H30N2O. The van der Waals surface area contributed by atoms with Crippen LogP contribution >= 0.6 is 0 Å². The van der Waals surface area contributed by atoms with Gasteiger partial charge in [0.1, 0.15) is 0 Å². The molecule has 3 heteroatoms. The Kier molecular flexibility index (Phi) is 5.05. The van der Waals surface area contributed by atoms with Crippen molar-refractivity contribution < 1.29 is 4.74 Å². The zero-order chi connectivity index (χ0) is 13.0. The molecule has 0 spiro atoms. The molecule has 2 fully saturated rings. The fraction of sp³-hybridized carbons (Fsp3) is 1.00. The zero-order valence-electron chi connectivity index (χ0n) is 12.2. The monoisotopic (exact) mass is 254 g/mol. The third-order valence-electron chi connectivity index (χ3n) is 4.86. The zero-order valence-corrected chi connectivity index (χ0v) is 12.2. The van der Waals surface area contributed by atoms with Crippen LogP contribution in [0, 0.1) is 11.3 Å². The van der Waals surface area contributed by atoms with E-state index in [0.29, 0.717) is 11.5 Å². The molecule has 0 aromatic carbocycles. The molecule has 2 aliphatic rings. The van der Waals surface area contributed by atoms with E-state index in [-0.39, 0.29) is 0 Å². The highest BCUT2D eigenvalue weighted by Gasteiger charge is 2.35. The van der Waals surface area contributed by atoms with Crippen LogP contribution in [0.5, 0.6) is 0 Å². The van der Waals surface area contributed by atoms with Gasteiger partial charge in [0.05, 0.1) is 6.10 Å². The van der Waals surface area contributed by atoms with Gasteiger partial charge in [-0.3, -0.25) is 0 Å². The van der Waals surface area contributed by atoms with Crippen LogP contribution in [0.25, 0.3) is 0 Å². The Labute approximate surface area is 112 Å². The molecule has 1 saturated carbocycles. The molecule has 1 aliphatic carbocycles. The van der Waals surface area contributed by atoms with Gasteiger partial charge in [-0.15, -0.1) is 0 Å². The molecule has 18 heavy (non-hydrogen) atoms. The maximum atomic E-state index is 6.12. The first-order valence-corrected chi connectivity index (χ1v) is 7.67. The van der Waals surface area contributed by atoms with Gasteiger partial charge in [-0.25, -0.2) is 0 Å². The van der Waals surface area contributed by atoms with Gasteiger partial charge in [-0.05, 0) is 44.1 Å². The number of hydrogen-bond donors (Lipinski definition) is 1. The highest BCUT2D eigenvalue weighted by atomic mass is 16.5. The molecule has 0 radical (unpaired) electrons. The summed E-state index contributed by atoms with van der Waals surface area (Å²) in [6.45, 7) is 9.79. The van der Waals surface area contributed by atoms with Crippen molar-refractivity contribution in [1.82, 2.24) is 4.90 Å². The summed E-state index contributed by atoms with van der Waals surface area (Å²) >= 11 is 0. The van der Waals surface area contributed by atoms with Crippen molar-refractivity contribution in [3.05, 3.63) is 0 Å². The standard InChI is InChI=1S/C15H30N2O/c1-13-4-6-15(11-16,7-5-13)12-17-8-3-9-18-14(2)10-17/h13-14H,3-12,16H2,1-2H3. The van der Waals surface area contributed by atoms with E-state index in [1.807, 2.05) is 0 Å². The van der Waals surface area contributed by atoms with E-state index in [1.165, 1.54) is 45.2 Å². The fourth-order valence-electron chi connectivity index (χ4n) is 3.50. The SMILES string of the molecule is CC1CCC(CN)(CN2CCCOC(C)C2)CC1. The van der Waals surface area contributed by atoms with E-state index in [1.54, 1.807) is 0 Å². The quantitative estimate of drug-likeness (QED) is 0.839. The lowest BCUT2D eigenvalue weighted by atomic mass is 9.70. The van der Waals surface area contributed by atoms with Crippen LogP contribution in [-0.4, -0.2) is 43.8 Å². The Bertz CT molecular complexity index is 249. The lowest BCUT2D eigenvalue weighted by molar-refractivity contribution is 0.0502. The summed E-state index contributed by atoms with van der Waals surface area (Å²) in [7, 11) is 0. The minimum Gasteiger partial charge on any atom is -0.377 e. The number of hydrogen-bond acceptors (Lipinski definition) is 3. The Morgan fingerprint density at radius 2 is 2.00 bits per heavy atom. The van der Waals surface area contributed by atoms with Gasteiger partial charge in [0.25, 0.3) is 0 Å². The van der Waals surface area contributed by atoms with Gasteiger partial charge in [0, 0.05) is 26.2 Å². The van der Waals surface area contributed by atoms with Crippen LogP contribution in [0.15, 0.2) is 0 Å². The van der Waals surface area contributed by atoms with Crippen LogP contribution in [0.2, 0.25) is 0 Å². The summed E-state index contributed by atoms with van der Waals surface area (Å²) in [4.78, 5) is 2.60. The third-order valence-corrected chi connectivity index (χ3v) is 4.86. The van der Waals surface area contributed by atoms with E-state index >= 15 is 0 Å². The highest BCUT2D eigenvalue weighted by Crippen LogP contribution is 2.38. The maximum Gasteiger partial charge on any atom is 0.0673 e. The minimum absolute atomic E-state index is 0.379. The summed E-state index contributed by atoms with van der Waals surface area (Å²) in [5.74, 6) is 0.899. The Balaban J connectivity index is 1.92. The van der Waals surface area contributed by atoms with Gasteiger partial charge in [-0.1, -0.05) is 19.8 Å². The lowest BCUT2D eigenvalue weighted by Gasteiger charge is -2.42. The topological polar surface area (TPSA) is 38.5 Å². The fourth-order valence-corrected chi connectivity index (χ4v) is 3.50. The molecule has 3 nitrogen and oxygen atoms in total. The first-order chi connectivity index (χ1) is 8.63. The molecule has 1 heterocycles. The van der Waals surface area contributed by atoms with Crippen molar-refractivity contribution in [3.63, 3.8) is 0 Å². The molecule has 1 unspecified atom stereocenters. The second-order valence-corrected chi connectivity index (χ2v) is 6.66. The second kappa shape index (κ2) is 6.36. The predicted molar refractivity (Wildman–Crippen MR) is 75.6 cm³/mol. The Hall–Kier alpha value is -0.120. The molecular weight excluding hydrogens is 224 g/mol.